The molecule has 2 fully saturated rings. The molecule has 1 aliphatic carbocycles. The number of amides is 2. The number of carbonyl (C=O) groups is 2. The molecule has 192 valence electrons. The molecule has 3 heterocycles. The summed E-state index contributed by atoms with van der Waals surface area (Å²) in [5.74, 6) is 1.19. The lowest BCUT2D eigenvalue weighted by molar-refractivity contribution is -0.135. The van der Waals surface area contributed by atoms with Crippen LogP contribution in [0.4, 0.5) is 10.1 Å². The number of amidine groups is 1. The number of hydrogen-bond acceptors (Lipinski definition) is 9. The van der Waals surface area contributed by atoms with Crippen LogP contribution >= 0.6 is 11.8 Å². The van der Waals surface area contributed by atoms with Crippen LogP contribution in [0.25, 0.3) is 0 Å². The quantitative estimate of drug-likeness (QED) is 0.547. The highest BCUT2D eigenvalue weighted by Crippen LogP contribution is 2.66. The summed E-state index contributed by atoms with van der Waals surface area (Å²) in [6.07, 6.45) is 8.22. The number of carbonyl (C=O) groups excluding carboxylic acids is 2. The van der Waals surface area contributed by atoms with E-state index in [1.165, 1.54) is 42.4 Å². The molecular weight excluding hydrogens is 499 g/mol. The maximum Gasteiger partial charge on any atom is 0.275 e. The Balaban J connectivity index is 1.38. The van der Waals surface area contributed by atoms with Crippen molar-refractivity contribution in [3.63, 3.8) is 0 Å². The molecule has 0 radical (unpaired) electrons. The molecule has 2 aromatic rings. The lowest BCUT2D eigenvalue weighted by Crippen LogP contribution is -2.49. The molecule has 12 heteroatoms. The fourth-order valence-corrected chi connectivity index (χ4v) is 6.34. The van der Waals surface area contributed by atoms with Gasteiger partial charge in [0.1, 0.15) is 16.3 Å². The minimum atomic E-state index is -1.09. The number of nitrogens with one attached hydrogen (secondary N) is 1. The van der Waals surface area contributed by atoms with Crippen molar-refractivity contribution in [1.82, 2.24) is 14.9 Å². The Hall–Kier alpha value is -3.69. The Bertz CT molecular complexity index is 1310. The second-order valence-corrected chi connectivity index (χ2v) is 10.5. The summed E-state index contributed by atoms with van der Waals surface area (Å²) in [5, 5.41) is 2.94. The molecule has 1 aromatic heterocycles. The van der Waals surface area contributed by atoms with E-state index in [1.54, 1.807) is 11.8 Å². The predicted molar refractivity (Wildman–Crippen MR) is 136 cm³/mol. The second kappa shape index (κ2) is 9.64. The Labute approximate surface area is 217 Å². The zero-order valence-electron chi connectivity index (χ0n) is 20.1. The summed E-state index contributed by atoms with van der Waals surface area (Å²) in [6, 6.07) is 4.24. The first-order valence-corrected chi connectivity index (χ1v) is 12.5. The molecule has 3 atom stereocenters. The summed E-state index contributed by atoms with van der Waals surface area (Å²) in [7, 11) is 0. The van der Waals surface area contributed by atoms with Gasteiger partial charge in [0.05, 0.1) is 31.1 Å². The van der Waals surface area contributed by atoms with E-state index in [0.717, 1.165) is 0 Å². The monoisotopic (exact) mass is 524 g/mol. The number of fused-ring (bicyclic) bond motifs is 1. The molecule has 2 aliphatic heterocycles. The summed E-state index contributed by atoms with van der Waals surface area (Å²) in [4.78, 5) is 40.7. The maximum atomic E-state index is 15.2. The third kappa shape index (κ3) is 4.60. The first kappa shape index (κ1) is 25.0. The number of hydrogen-bond donors (Lipinski definition) is 2. The zero-order chi connectivity index (χ0) is 26.2. The van der Waals surface area contributed by atoms with Crippen molar-refractivity contribution in [3.05, 3.63) is 47.7 Å². The van der Waals surface area contributed by atoms with Gasteiger partial charge in [-0.3, -0.25) is 14.6 Å². The van der Waals surface area contributed by atoms with Crippen LogP contribution in [0, 0.1) is 24.1 Å². The third-order valence-electron chi connectivity index (χ3n) is 6.81. The Morgan fingerprint density at radius 1 is 1.35 bits per heavy atom. The molecule has 5 rings (SSSR count). The zero-order valence-corrected chi connectivity index (χ0v) is 20.9. The molecule has 0 bridgehead atoms. The molecule has 3 N–H and O–H groups in total. The minimum Gasteiger partial charge on any atom is -0.463 e. The van der Waals surface area contributed by atoms with Gasteiger partial charge in [0, 0.05) is 30.3 Å². The topological polar surface area (TPSA) is 132 Å². The average molecular weight is 525 g/mol. The van der Waals surface area contributed by atoms with Gasteiger partial charge in [-0.1, -0.05) is 17.7 Å². The van der Waals surface area contributed by atoms with Crippen LogP contribution in [0.5, 0.6) is 5.88 Å². The van der Waals surface area contributed by atoms with Crippen molar-refractivity contribution < 1.29 is 23.5 Å². The molecule has 37 heavy (non-hydrogen) atoms. The van der Waals surface area contributed by atoms with E-state index in [9.17, 15) is 9.59 Å². The van der Waals surface area contributed by atoms with Gasteiger partial charge in [-0.15, -0.1) is 6.42 Å². The number of benzene rings is 1. The maximum absolute atomic E-state index is 15.2. The van der Waals surface area contributed by atoms with Crippen molar-refractivity contribution in [2.75, 3.05) is 38.2 Å². The number of morpholine rings is 1. The molecular formula is C25H25FN6O4S. The number of nitrogens with zero attached hydrogens (tertiary/aromatic N) is 4. The van der Waals surface area contributed by atoms with Crippen molar-refractivity contribution in [2.45, 2.75) is 23.6 Å². The molecule has 0 unspecified atom stereocenters. The first-order valence-electron chi connectivity index (χ1n) is 11.7. The summed E-state index contributed by atoms with van der Waals surface area (Å²) < 4.78 is 25.0. The SMILES string of the molecule is C#CCOc1cnc(C(=O)Nc2ccc(F)c([C@@]3(C)N=C(N)S[C@@]4(C(=O)N5CCOCC5)C[C@H]43)c2)cn1. The van der Waals surface area contributed by atoms with Crippen LogP contribution in [0.15, 0.2) is 35.6 Å². The molecule has 1 saturated heterocycles. The fourth-order valence-electron chi connectivity index (χ4n) is 4.90. The molecule has 3 aliphatic rings. The van der Waals surface area contributed by atoms with E-state index in [0.29, 0.717) is 38.4 Å². The molecule has 1 saturated carbocycles. The van der Waals surface area contributed by atoms with Crippen molar-refractivity contribution in [2.24, 2.45) is 16.6 Å². The highest BCUT2D eigenvalue weighted by atomic mass is 32.2. The number of aliphatic imine (C=N–C) groups is 1. The predicted octanol–water partition coefficient (Wildman–Crippen LogP) is 1.77. The number of terminal acetylenes is 1. The van der Waals surface area contributed by atoms with Gasteiger partial charge >= 0.3 is 0 Å². The largest absolute Gasteiger partial charge is 0.463 e. The normalized spacial score (nSPS) is 26.4. The van der Waals surface area contributed by atoms with Gasteiger partial charge in [-0.25, -0.2) is 14.4 Å². The number of thioether (sulfide) groups is 1. The Kier molecular flexibility index (Phi) is 6.51. The van der Waals surface area contributed by atoms with Crippen LogP contribution in [-0.2, 0) is 15.1 Å². The van der Waals surface area contributed by atoms with Crippen molar-refractivity contribution in [1.29, 1.82) is 0 Å². The Morgan fingerprint density at radius 2 is 2.14 bits per heavy atom. The van der Waals surface area contributed by atoms with Gasteiger partial charge in [0.25, 0.3) is 5.91 Å². The van der Waals surface area contributed by atoms with E-state index in [-0.39, 0.29) is 40.7 Å². The molecule has 10 nitrogen and oxygen atoms in total. The summed E-state index contributed by atoms with van der Waals surface area (Å²) in [6.45, 7) is 3.81. The first-order chi connectivity index (χ1) is 17.8. The molecule has 0 spiro atoms. The number of nitrogens with two attached hydrogens (primary N) is 1. The molecule has 1 aromatic carbocycles. The van der Waals surface area contributed by atoms with Crippen molar-refractivity contribution in [3.8, 4) is 18.2 Å². The van der Waals surface area contributed by atoms with E-state index in [4.69, 9.17) is 21.6 Å². The van der Waals surface area contributed by atoms with E-state index in [2.05, 4.69) is 26.2 Å². The lowest BCUT2D eigenvalue weighted by Gasteiger charge is -2.37. The third-order valence-corrected chi connectivity index (χ3v) is 8.10. The van der Waals surface area contributed by atoms with Crippen LogP contribution in [0.2, 0.25) is 0 Å². The van der Waals surface area contributed by atoms with Crippen LogP contribution < -0.4 is 15.8 Å². The van der Waals surface area contributed by atoms with Crippen LogP contribution in [0.1, 0.15) is 29.4 Å². The number of aromatic nitrogens is 2. The number of ether oxygens (including phenoxy) is 2. The highest BCUT2D eigenvalue weighted by molar-refractivity contribution is 8.15. The van der Waals surface area contributed by atoms with E-state index >= 15 is 4.39 Å². The van der Waals surface area contributed by atoms with Gasteiger partial charge < -0.3 is 25.4 Å². The highest BCUT2D eigenvalue weighted by Gasteiger charge is 2.71. The minimum absolute atomic E-state index is 0.0204. The average Bonchev–Trinajstić information content (AvgIpc) is 3.65. The Morgan fingerprint density at radius 3 is 2.84 bits per heavy atom. The molecule has 2 amide bonds. The van der Waals surface area contributed by atoms with Crippen molar-refractivity contribution >= 4 is 34.4 Å². The van der Waals surface area contributed by atoms with E-state index < -0.39 is 22.0 Å². The fraction of sp³-hybridized carbons (Fsp3) is 0.400. The van der Waals surface area contributed by atoms with Gasteiger partial charge in [-0.05, 0) is 31.5 Å². The van der Waals surface area contributed by atoms with Gasteiger partial charge in [-0.2, -0.15) is 0 Å². The number of rotatable bonds is 6. The van der Waals surface area contributed by atoms with Crippen LogP contribution in [-0.4, -0.2) is 69.5 Å². The number of halogens is 1. The summed E-state index contributed by atoms with van der Waals surface area (Å²) >= 11 is 1.25. The van der Waals surface area contributed by atoms with Crippen LogP contribution in [0.3, 0.4) is 0 Å². The van der Waals surface area contributed by atoms with Gasteiger partial charge in [0.2, 0.25) is 11.8 Å². The smallest absolute Gasteiger partial charge is 0.275 e. The second-order valence-electron chi connectivity index (χ2n) is 9.13. The standard InChI is InChI=1S/C25H25FN6O4S/c1-3-8-36-20-14-28-18(13-29-20)21(33)30-15-4-5-17(26)16(11-15)24(2)19-12-25(19,37-23(27)31-24)22(34)32-6-9-35-10-7-32/h1,4-5,11,13-14,19H,6-10,12H2,2H3,(H2,27,31)(H,30,33)/t19-,24+,25-/m0/s1. The van der Waals surface area contributed by atoms with E-state index in [1.807, 2.05) is 0 Å². The lowest BCUT2D eigenvalue weighted by atomic mass is 9.85. The van der Waals surface area contributed by atoms with Gasteiger partial charge in [0.15, 0.2) is 11.8 Å². The summed E-state index contributed by atoms with van der Waals surface area (Å²) in [5.41, 5.74) is 5.74. The number of anilines is 1.